The van der Waals surface area contributed by atoms with Gasteiger partial charge in [-0.25, -0.2) is 0 Å². The van der Waals surface area contributed by atoms with E-state index in [-0.39, 0.29) is 11.6 Å². The van der Waals surface area contributed by atoms with Gasteiger partial charge in [0.15, 0.2) is 5.78 Å². The quantitative estimate of drug-likeness (QED) is 0.727. The molecule has 0 heterocycles. The predicted molar refractivity (Wildman–Crippen MR) is 100 cm³/mol. The van der Waals surface area contributed by atoms with Gasteiger partial charge in [-0.1, -0.05) is 54.1 Å². The van der Waals surface area contributed by atoms with E-state index in [9.17, 15) is 18.0 Å². The molecule has 27 heavy (non-hydrogen) atoms. The first-order valence-electron chi connectivity index (χ1n) is 8.96. The van der Waals surface area contributed by atoms with Gasteiger partial charge in [0.05, 0.1) is 5.92 Å². The molecular weight excluding hydrogens is 351 g/mol. The van der Waals surface area contributed by atoms with Crippen LogP contribution in [-0.4, -0.2) is 12.0 Å². The molecule has 0 aliphatic heterocycles. The van der Waals surface area contributed by atoms with Gasteiger partial charge in [0.1, 0.15) is 0 Å². The third-order valence-electron chi connectivity index (χ3n) is 5.00. The molecule has 0 amide bonds. The Balaban J connectivity index is 1.74. The summed E-state index contributed by atoms with van der Waals surface area (Å²) in [6.07, 6.45) is -0.470. The molecule has 0 spiro atoms. The molecule has 0 fully saturated rings. The van der Waals surface area contributed by atoms with Crippen molar-refractivity contribution in [2.24, 2.45) is 5.73 Å². The van der Waals surface area contributed by atoms with E-state index in [0.29, 0.717) is 0 Å². The van der Waals surface area contributed by atoms with Crippen molar-refractivity contribution in [2.45, 2.75) is 44.3 Å². The molecule has 2 unspecified atom stereocenters. The summed E-state index contributed by atoms with van der Waals surface area (Å²) in [6, 6.07) is 12.0. The highest BCUT2D eigenvalue weighted by atomic mass is 19.4. The van der Waals surface area contributed by atoms with Crippen LogP contribution < -0.4 is 5.73 Å². The Kier molecular flexibility index (Phi) is 5.51. The van der Waals surface area contributed by atoms with Gasteiger partial charge in [0.25, 0.3) is 0 Å². The Morgan fingerprint density at radius 3 is 2.74 bits per heavy atom. The highest BCUT2D eigenvalue weighted by Gasteiger charge is 2.41. The smallest absolute Gasteiger partial charge is 0.324 e. The van der Waals surface area contributed by atoms with Gasteiger partial charge >= 0.3 is 6.18 Å². The molecule has 0 saturated carbocycles. The average molecular weight is 373 g/mol. The molecule has 2 nitrogen and oxygen atoms in total. The zero-order valence-electron chi connectivity index (χ0n) is 15.1. The first kappa shape index (κ1) is 19.4. The Morgan fingerprint density at radius 1 is 1.26 bits per heavy atom. The lowest BCUT2D eigenvalue weighted by atomic mass is 9.92. The Morgan fingerprint density at radius 2 is 2.04 bits per heavy atom. The van der Waals surface area contributed by atoms with E-state index < -0.39 is 24.3 Å². The molecule has 2 N–H and O–H groups in total. The molecule has 142 valence electrons. The number of carbonyl (C=O) groups is 1. The molecule has 1 aliphatic carbocycles. The van der Waals surface area contributed by atoms with Crippen LogP contribution in [0.3, 0.4) is 0 Å². The second kappa shape index (κ2) is 7.69. The first-order valence-corrected chi connectivity index (χ1v) is 8.96. The molecule has 2 aromatic rings. The van der Waals surface area contributed by atoms with E-state index in [0.717, 1.165) is 35.1 Å². The second-order valence-electron chi connectivity index (χ2n) is 7.12. The number of benzene rings is 2. The zero-order chi connectivity index (χ0) is 19.6. The number of nitrogens with two attached hydrogens (primary N) is 1. The lowest BCUT2D eigenvalue weighted by Gasteiger charge is -2.20. The van der Waals surface area contributed by atoms with E-state index in [1.165, 1.54) is 18.2 Å². The molecule has 2 atom stereocenters. The Labute approximate surface area is 156 Å². The van der Waals surface area contributed by atoms with Crippen molar-refractivity contribution in [3.05, 3.63) is 76.4 Å². The van der Waals surface area contributed by atoms with E-state index in [1.54, 1.807) is 25.1 Å². The normalized spacial score (nSPS) is 17.9. The summed E-state index contributed by atoms with van der Waals surface area (Å²) in [5.74, 6) is -2.34. The summed E-state index contributed by atoms with van der Waals surface area (Å²) < 4.78 is 40.4. The Bertz CT molecular complexity index is 870. The lowest BCUT2D eigenvalue weighted by Crippen LogP contribution is -2.23. The summed E-state index contributed by atoms with van der Waals surface area (Å²) in [4.78, 5) is 12.2. The average Bonchev–Trinajstić information content (AvgIpc) is 2.97. The molecule has 3 rings (SSSR count). The number of alkyl halides is 3. The third-order valence-corrected chi connectivity index (χ3v) is 5.00. The molecule has 0 aromatic heterocycles. The van der Waals surface area contributed by atoms with Crippen molar-refractivity contribution < 1.29 is 18.0 Å². The summed E-state index contributed by atoms with van der Waals surface area (Å²) in [5.41, 5.74) is 9.91. The van der Waals surface area contributed by atoms with Gasteiger partial charge in [0, 0.05) is 12.5 Å². The number of ketones is 1. The summed E-state index contributed by atoms with van der Waals surface area (Å²) in [7, 11) is 0. The van der Waals surface area contributed by atoms with Crippen molar-refractivity contribution in [3.8, 4) is 0 Å². The van der Waals surface area contributed by atoms with Crippen molar-refractivity contribution in [3.63, 3.8) is 0 Å². The van der Waals surface area contributed by atoms with Crippen LogP contribution in [0.15, 0.2) is 48.5 Å². The van der Waals surface area contributed by atoms with Crippen LogP contribution in [0, 0.1) is 6.92 Å². The fourth-order valence-electron chi connectivity index (χ4n) is 3.54. The molecular formula is C22H22F3NO. The van der Waals surface area contributed by atoms with Gasteiger partial charge < -0.3 is 5.73 Å². The minimum absolute atomic E-state index is 0.0431. The molecule has 0 radical (unpaired) electrons. The zero-order valence-corrected chi connectivity index (χ0v) is 15.1. The molecule has 0 bridgehead atoms. The fourth-order valence-corrected chi connectivity index (χ4v) is 3.54. The van der Waals surface area contributed by atoms with Gasteiger partial charge in [0.2, 0.25) is 0 Å². The topological polar surface area (TPSA) is 43.1 Å². The lowest BCUT2D eigenvalue weighted by molar-refractivity contribution is -0.155. The van der Waals surface area contributed by atoms with E-state index in [1.807, 2.05) is 18.2 Å². The SMILES string of the molecule is Cc1cccc(C(CC(=O)/C=C/c2ccc3c(c2)CCC3N)C(F)(F)F)c1. The van der Waals surface area contributed by atoms with Gasteiger partial charge in [-0.15, -0.1) is 0 Å². The number of hydrogen-bond donors (Lipinski definition) is 1. The highest BCUT2D eigenvalue weighted by molar-refractivity contribution is 5.94. The van der Waals surface area contributed by atoms with Crippen LogP contribution in [-0.2, 0) is 11.2 Å². The number of hydrogen-bond acceptors (Lipinski definition) is 2. The van der Waals surface area contributed by atoms with Crippen molar-refractivity contribution in [1.82, 2.24) is 0 Å². The minimum Gasteiger partial charge on any atom is -0.324 e. The summed E-state index contributed by atoms with van der Waals surface area (Å²) in [5, 5.41) is 0. The van der Waals surface area contributed by atoms with Crippen LogP contribution in [0.1, 0.15) is 52.6 Å². The molecule has 2 aromatic carbocycles. The third kappa shape index (κ3) is 4.66. The second-order valence-corrected chi connectivity index (χ2v) is 7.12. The van der Waals surface area contributed by atoms with Crippen molar-refractivity contribution >= 4 is 11.9 Å². The predicted octanol–water partition coefficient (Wildman–Crippen LogP) is 5.26. The number of carbonyl (C=O) groups excluding carboxylic acids is 1. The van der Waals surface area contributed by atoms with Crippen LogP contribution >= 0.6 is 0 Å². The van der Waals surface area contributed by atoms with Crippen molar-refractivity contribution in [2.75, 3.05) is 0 Å². The van der Waals surface area contributed by atoms with Crippen LogP contribution in [0.5, 0.6) is 0 Å². The summed E-state index contributed by atoms with van der Waals surface area (Å²) >= 11 is 0. The van der Waals surface area contributed by atoms with E-state index >= 15 is 0 Å². The summed E-state index contributed by atoms with van der Waals surface area (Å²) in [6.45, 7) is 1.73. The molecule has 5 heteroatoms. The van der Waals surface area contributed by atoms with E-state index in [4.69, 9.17) is 5.73 Å². The maximum Gasteiger partial charge on any atom is 0.396 e. The number of fused-ring (bicyclic) bond motifs is 1. The number of allylic oxidation sites excluding steroid dienone is 1. The van der Waals surface area contributed by atoms with Crippen LogP contribution in [0.25, 0.3) is 6.08 Å². The van der Waals surface area contributed by atoms with E-state index in [2.05, 4.69) is 0 Å². The maximum absolute atomic E-state index is 13.5. The molecule has 0 saturated heterocycles. The van der Waals surface area contributed by atoms with Gasteiger partial charge in [-0.05, 0) is 48.1 Å². The van der Waals surface area contributed by atoms with Crippen LogP contribution in [0.2, 0.25) is 0 Å². The number of aryl methyl sites for hydroxylation is 2. The highest BCUT2D eigenvalue weighted by Crippen LogP contribution is 2.38. The van der Waals surface area contributed by atoms with Crippen LogP contribution in [0.4, 0.5) is 13.2 Å². The Hall–Kier alpha value is -2.40. The largest absolute Gasteiger partial charge is 0.396 e. The molecule has 1 aliphatic rings. The van der Waals surface area contributed by atoms with Gasteiger partial charge in [-0.2, -0.15) is 13.2 Å². The first-order chi connectivity index (χ1) is 12.7. The number of halogens is 3. The standard InChI is InChI=1S/C22H22F3NO/c1-14-3-2-4-17(11-14)20(22(23,24)25)13-18(27)8-5-15-6-9-19-16(12-15)7-10-21(19)26/h2-6,8-9,11-12,20-21H,7,10,13,26H2,1H3/b8-5+. The monoisotopic (exact) mass is 373 g/mol. The fraction of sp³-hybridized carbons (Fsp3) is 0.318. The van der Waals surface area contributed by atoms with Gasteiger partial charge in [-0.3, -0.25) is 4.79 Å². The maximum atomic E-state index is 13.5. The minimum atomic E-state index is -4.47. The number of rotatable bonds is 5. The van der Waals surface area contributed by atoms with Crippen molar-refractivity contribution in [1.29, 1.82) is 0 Å².